The molecule has 0 aliphatic rings. The quantitative estimate of drug-likeness (QED) is 0.338. The van der Waals surface area contributed by atoms with Gasteiger partial charge in [-0.25, -0.2) is 5.84 Å². The van der Waals surface area contributed by atoms with Gasteiger partial charge < -0.3 is 5.32 Å². The standard InChI is InChI=1S/C10H12ClF3N4/c1-2-16-9(18-15)17-8-4-3-6(5-7(8)11)10(12,13)14/h3-5H,2,15H2,1H3,(H2,16,17,18). The molecule has 0 bridgehead atoms. The third-order valence-electron chi connectivity index (χ3n) is 2.00. The molecule has 100 valence electrons. The van der Waals surface area contributed by atoms with Crippen molar-refractivity contribution in [3.8, 4) is 0 Å². The molecule has 1 rings (SSSR count). The summed E-state index contributed by atoms with van der Waals surface area (Å²) in [5, 5.41) is 2.63. The number of hydrogen-bond acceptors (Lipinski definition) is 2. The molecule has 0 saturated carbocycles. The van der Waals surface area contributed by atoms with Crippen LogP contribution in [0.5, 0.6) is 0 Å². The highest BCUT2D eigenvalue weighted by atomic mass is 35.5. The molecule has 0 aliphatic carbocycles. The summed E-state index contributed by atoms with van der Waals surface area (Å²) in [6, 6.07) is 2.98. The number of rotatable bonds is 2. The van der Waals surface area contributed by atoms with E-state index in [2.05, 4.69) is 15.7 Å². The van der Waals surface area contributed by atoms with Gasteiger partial charge in [-0.2, -0.15) is 13.2 Å². The Labute approximate surface area is 107 Å². The van der Waals surface area contributed by atoms with Crippen molar-refractivity contribution in [3.63, 3.8) is 0 Å². The molecule has 4 nitrogen and oxygen atoms in total. The first-order valence-corrected chi connectivity index (χ1v) is 5.41. The van der Waals surface area contributed by atoms with Crippen LogP contribution < -0.4 is 16.6 Å². The molecule has 0 aliphatic heterocycles. The van der Waals surface area contributed by atoms with Crippen LogP contribution >= 0.6 is 11.6 Å². The average molecular weight is 281 g/mol. The lowest BCUT2D eigenvalue weighted by atomic mass is 10.2. The Bertz CT molecular complexity index is 445. The summed E-state index contributed by atoms with van der Waals surface area (Å²) in [4.78, 5) is 3.94. The van der Waals surface area contributed by atoms with Crippen LogP contribution in [0.2, 0.25) is 5.02 Å². The van der Waals surface area contributed by atoms with E-state index in [0.29, 0.717) is 6.54 Å². The summed E-state index contributed by atoms with van der Waals surface area (Å²) >= 11 is 5.75. The molecule has 0 fully saturated rings. The summed E-state index contributed by atoms with van der Waals surface area (Å²) in [7, 11) is 0. The number of benzene rings is 1. The molecular formula is C10H12ClF3N4. The Kier molecular flexibility index (Phi) is 4.80. The number of nitrogens with zero attached hydrogens (tertiary/aromatic N) is 1. The fraction of sp³-hybridized carbons (Fsp3) is 0.300. The van der Waals surface area contributed by atoms with Gasteiger partial charge in [0.15, 0.2) is 0 Å². The SMILES string of the molecule is CCN=C(NN)Nc1ccc(C(F)(F)F)cc1Cl. The van der Waals surface area contributed by atoms with Gasteiger partial charge >= 0.3 is 6.18 Å². The summed E-state index contributed by atoms with van der Waals surface area (Å²) in [6.07, 6.45) is -4.42. The zero-order valence-electron chi connectivity index (χ0n) is 9.48. The monoisotopic (exact) mass is 280 g/mol. The van der Waals surface area contributed by atoms with Crippen molar-refractivity contribution in [1.82, 2.24) is 5.43 Å². The van der Waals surface area contributed by atoms with Crippen LogP contribution in [-0.2, 0) is 6.18 Å². The normalized spacial score (nSPS) is 12.4. The van der Waals surface area contributed by atoms with Gasteiger partial charge in [-0.1, -0.05) is 11.6 Å². The smallest absolute Gasteiger partial charge is 0.324 e. The number of nitrogens with one attached hydrogen (secondary N) is 2. The van der Waals surface area contributed by atoms with E-state index in [9.17, 15) is 13.2 Å². The lowest BCUT2D eigenvalue weighted by molar-refractivity contribution is -0.137. The van der Waals surface area contributed by atoms with Gasteiger partial charge in [-0.05, 0) is 25.1 Å². The van der Waals surface area contributed by atoms with Crippen molar-refractivity contribution in [1.29, 1.82) is 0 Å². The molecule has 0 heterocycles. The zero-order chi connectivity index (χ0) is 13.8. The molecule has 0 aromatic heterocycles. The average Bonchev–Trinajstić information content (AvgIpc) is 2.29. The van der Waals surface area contributed by atoms with Gasteiger partial charge in [0, 0.05) is 6.54 Å². The van der Waals surface area contributed by atoms with Gasteiger partial charge in [0.05, 0.1) is 16.3 Å². The number of aliphatic imine (C=N–C) groups is 1. The van der Waals surface area contributed by atoms with Gasteiger partial charge in [-0.15, -0.1) is 0 Å². The van der Waals surface area contributed by atoms with Crippen LogP contribution in [0.25, 0.3) is 0 Å². The van der Waals surface area contributed by atoms with Crippen molar-refractivity contribution in [2.45, 2.75) is 13.1 Å². The Morgan fingerprint density at radius 2 is 2.11 bits per heavy atom. The Morgan fingerprint density at radius 1 is 1.44 bits per heavy atom. The minimum absolute atomic E-state index is 0.0659. The molecule has 4 N–H and O–H groups in total. The van der Waals surface area contributed by atoms with E-state index in [1.54, 1.807) is 6.92 Å². The molecule has 1 aromatic rings. The first-order chi connectivity index (χ1) is 8.38. The number of alkyl halides is 3. The van der Waals surface area contributed by atoms with Crippen molar-refractivity contribution in [2.75, 3.05) is 11.9 Å². The minimum atomic E-state index is -4.42. The Balaban J connectivity index is 2.96. The van der Waals surface area contributed by atoms with Crippen molar-refractivity contribution in [2.24, 2.45) is 10.8 Å². The zero-order valence-corrected chi connectivity index (χ0v) is 10.2. The summed E-state index contributed by atoms with van der Waals surface area (Å²) in [5.74, 6) is 5.41. The van der Waals surface area contributed by atoms with Gasteiger partial charge in [-0.3, -0.25) is 10.4 Å². The van der Waals surface area contributed by atoms with E-state index in [-0.39, 0.29) is 16.7 Å². The van der Waals surface area contributed by atoms with Crippen LogP contribution in [0.15, 0.2) is 23.2 Å². The van der Waals surface area contributed by atoms with Gasteiger partial charge in [0.1, 0.15) is 0 Å². The number of halogens is 4. The van der Waals surface area contributed by atoms with E-state index in [0.717, 1.165) is 12.1 Å². The minimum Gasteiger partial charge on any atom is -0.324 e. The van der Waals surface area contributed by atoms with Crippen LogP contribution in [0.3, 0.4) is 0 Å². The first kappa shape index (κ1) is 14.6. The number of guanidine groups is 1. The topological polar surface area (TPSA) is 62.4 Å². The summed E-state index contributed by atoms with van der Waals surface area (Å²) in [5.41, 5.74) is 1.76. The molecule has 1 aromatic carbocycles. The third-order valence-corrected chi connectivity index (χ3v) is 2.32. The molecular weight excluding hydrogens is 269 g/mol. The molecule has 18 heavy (non-hydrogen) atoms. The maximum atomic E-state index is 12.4. The lowest BCUT2D eigenvalue weighted by Crippen LogP contribution is -2.36. The molecule has 0 atom stereocenters. The highest BCUT2D eigenvalue weighted by Gasteiger charge is 2.30. The van der Waals surface area contributed by atoms with E-state index < -0.39 is 11.7 Å². The van der Waals surface area contributed by atoms with Crippen LogP contribution in [0, 0.1) is 0 Å². The third kappa shape index (κ3) is 3.78. The fourth-order valence-corrected chi connectivity index (χ4v) is 1.43. The van der Waals surface area contributed by atoms with E-state index in [4.69, 9.17) is 17.4 Å². The van der Waals surface area contributed by atoms with Crippen LogP contribution in [0.1, 0.15) is 12.5 Å². The maximum Gasteiger partial charge on any atom is 0.416 e. The number of hydrazine groups is 1. The molecule has 0 amide bonds. The van der Waals surface area contributed by atoms with Crippen molar-refractivity contribution < 1.29 is 13.2 Å². The molecule has 0 unspecified atom stereocenters. The maximum absolute atomic E-state index is 12.4. The number of anilines is 1. The summed E-state index contributed by atoms with van der Waals surface area (Å²) in [6.45, 7) is 2.25. The predicted octanol–water partition coefficient (Wildman–Crippen LogP) is 2.61. The number of hydrogen-bond donors (Lipinski definition) is 3. The van der Waals surface area contributed by atoms with E-state index in [1.807, 2.05) is 0 Å². The second-order valence-corrected chi connectivity index (χ2v) is 3.69. The van der Waals surface area contributed by atoms with Crippen molar-refractivity contribution >= 4 is 23.2 Å². The molecule has 0 saturated heterocycles. The largest absolute Gasteiger partial charge is 0.416 e. The second kappa shape index (κ2) is 5.92. The van der Waals surface area contributed by atoms with E-state index in [1.165, 1.54) is 6.07 Å². The lowest BCUT2D eigenvalue weighted by Gasteiger charge is -2.12. The van der Waals surface area contributed by atoms with Crippen molar-refractivity contribution in [3.05, 3.63) is 28.8 Å². The van der Waals surface area contributed by atoms with Crippen LogP contribution in [-0.4, -0.2) is 12.5 Å². The number of nitrogens with two attached hydrogens (primary N) is 1. The second-order valence-electron chi connectivity index (χ2n) is 3.28. The first-order valence-electron chi connectivity index (χ1n) is 5.03. The Morgan fingerprint density at radius 3 is 2.56 bits per heavy atom. The molecule has 8 heteroatoms. The molecule has 0 radical (unpaired) electrons. The van der Waals surface area contributed by atoms with Crippen LogP contribution in [0.4, 0.5) is 18.9 Å². The van der Waals surface area contributed by atoms with E-state index >= 15 is 0 Å². The molecule has 0 spiro atoms. The van der Waals surface area contributed by atoms with Gasteiger partial charge in [0.25, 0.3) is 0 Å². The Hall–Kier alpha value is -1.47. The van der Waals surface area contributed by atoms with Gasteiger partial charge in [0.2, 0.25) is 5.96 Å². The fourth-order valence-electron chi connectivity index (χ4n) is 1.20. The summed E-state index contributed by atoms with van der Waals surface area (Å²) < 4.78 is 37.2. The highest BCUT2D eigenvalue weighted by molar-refractivity contribution is 6.33. The highest BCUT2D eigenvalue weighted by Crippen LogP contribution is 2.33. The predicted molar refractivity (Wildman–Crippen MR) is 65.4 cm³/mol.